The monoisotopic (exact) mass is 907 g/mol. The molecule has 0 spiro atoms. The molecular weight excluding hydrogens is 834 g/mol. The lowest BCUT2D eigenvalue weighted by molar-refractivity contribution is -0.142. The minimum Gasteiger partial charge on any atom is -0.480 e. The van der Waals surface area contributed by atoms with Crippen LogP contribution in [0.25, 0.3) is 0 Å². The standard InChI is InChI=1S/C41H74BrN5O12/c1-34(48)17-15-13-11-9-7-5-3-2-4-6-8-10-12-14-16-18-37(50)47-35(41(54)55)19-20-36(49)45-23-25-56-27-30-59-33-40(53)46-24-26-57-28-29-58-32-39(52)44-22-21-43-38(51)31-42/h35H,2-33H2,1H3,(H,43,51)(H,44,52)(H,45,49)(H,46,53)(H,47,50)(H,54,55)/t35-/m0/s1. The quantitative estimate of drug-likeness (QED) is 0.0381. The normalized spacial score (nSPS) is 11.4. The molecule has 59 heavy (non-hydrogen) atoms. The number of amides is 5. The molecule has 342 valence electrons. The molecule has 0 saturated heterocycles. The molecular formula is C41H74BrN5O12. The van der Waals surface area contributed by atoms with Gasteiger partial charge in [0.15, 0.2) is 0 Å². The van der Waals surface area contributed by atoms with Crippen LogP contribution in [-0.2, 0) is 52.5 Å². The van der Waals surface area contributed by atoms with Gasteiger partial charge in [-0.25, -0.2) is 4.79 Å². The van der Waals surface area contributed by atoms with Crippen molar-refractivity contribution in [3.05, 3.63) is 0 Å². The number of halogens is 1. The number of rotatable bonds is 43. The maximum absolute atomic E-state index is 12.3. The Labute approximate surface area is 359 Å². The summed E-state index contributed by atoms with van der Waals surface area (Å²) in [6, 6.07) is -1.13. The Balaban J connectivity index is 3.64. The first-order valence-electron chi connectivity index (χ1n) is 21.5. The molecule has 5 amide bonds. The Morgan fingerprint density at radius 1 is 0.458 bits per heavy atom. The van der Waals surface area contributed by atoms with Gasteiger partial charge < -0.3 is 55.4 Å². The van der Waals surface area contributed by atoms with Crippen molar-refractivity contribution in [2.45, 2.75) is 135 Å². The molecule has 17 nitrogen and oxygen atoms in total. The van der Waals surface area contributed by atoms with E-state index < -0.39 is 12.0 Å². The smallest absolute Gasteiger partial charge is 0.326 e. The first kappa shape index (κ1) is 55.8. The summed E-state index contributed by atoms with van der Waals surface area (Å²) in [5.41, 5.74) is 0. The fourth-order valence-electron chi connectivity index (χ4n) is 5.69. The Morgan fingerprint density at radius 2 is 0.847 bits per heavy atom. The minimum absolute atomic E-state index is 0.0184. The van der Waals surface area contributed by atoms with E-state index in [-0.39, 0.29) is 126 Å². The molecule has 0 rings (SSSR count). The molecule has 0 saturated carbocycles. The van der Waals surface area contributed by atoms with Gasteiger partial charge in [-0.1, -0.05) is 99.4 Å². The zero-order valence-corrected chi connectivity index (χ0v) is 37.1. The molecule has 0 aliphatic rings. The summed E-state index contributed by atoms with van der Waals surface area (Å²) in [4.78, 5) is 81.7. The molecule has 0 unspecified atom stereocenters. The summed E-state index contributed by atoms with van der Waals surface area (Å²) in [5, 5.41) is 22.8. The third-order valence-corrected chi connectivity index (χ3v) is 9.47. The zero-order chi connectivity index (χ0) is 43.6. The largest absolute Gasteiger partial charge is 0.480 e. The van der Waals surface area contributed by atoms with Gasteiger partial charge in [0.1, 0.15) is 25.0 Å². The molecule has 0 aromatic rings. The van der Waals surface area contributed by atoms with Crippen molar-refractivity contribution in [2.75, 3.05) is 84.4 Å². The Kier molecular flexibility index (Phi) is 39.3. The summed E-state index contributed by atoms with van der Waals surface area (Å²) in [6.07, 6.45) is 18.3. The van der Waals surface area contributed by atoms with Crippen LogP contribution in [0.2, 0.25) is 0 Å². The fraction of sp³-hybridized carbons (Fsp3) is 0.829. The van der Waals surface area contributed by atoms with E-state index in [1.165, 1.54) is 57.8 Å². The van der Waals surface area contributed by atoms with Crippen molar-refractivity contribution >= 4 is 57.2 Å². The fourth-order valence-corrected chi connectivity index (χ4v) is 5.89. The molecule has 0 aliphatic carbocycles. The number of ketones is 1. The third-order valence-electron chi connectivity index (χ3n) is 8.96. The van der Waals surface area contributed by atoms with Crippen molar-refractivity contribution in [3.63, 3.8) is 0 Å². The number of unbranched alkanes of at least 4 members (excludes halogenated alkanes) is 14. The Hall–Kier alpha value is -3.19. The predicted octanol–water partition coefficient (Wildman–Crippen LogP) is 3.48. The molecule has 0 fully saturated rings. The number of hydrogen-bond donors (Lipinski definition) is 6. The molecule has 0 aromatic carbocycles. The number of ether oxygens (including phenoxy) is 4. The van der Waals surface area contributed by atoms with Gasteiger partial charge in [0, 0.05) is 45.4 Å². The lowest BCUT2D eigenvalue weighted by Gasteiger charge is -2.14. The van der Waals surface area contributed by atoms with Crippen molar-refractivity contribution < 1.29 is 57.6 Å². The van der Waals surface area contributed by atoms with Crippen LogP contribution in [0, 0.1) is 0 Å². The Morgan fingerprint density at radius 3 is 1.29 bits per heavy atom. The topological polar surface area (TPSA) is 237 Å². The van der Waals surface area contributed by atoms with Crippen LogP contribution in [0.1, 0.15) is 129 Å². The zero-order valence-electron chi connectivity index (χ0n) is 35.5. The number of nitrogens with one attached hydrogen (secondary N) is 5. The number of hydrogen-bond acceptors (Lipinski definition) is 11. The van der Waals surface area contributed by atoms with Gasteiger partial charge in [-0.15, -0.1) is 0 Å². The van der Waals surface area contributed by atoms with E-state index in [0.717, 1.165) is 38.5 Å². The van der Waals surface area contributed by atoms with Gasteiger partial charge in [0.2, 0.25) is 29.5 Å². The number of carboxylic acid groups (broad SMARTS) is 1. The third kappa shape index (κ3) is 41.3. The van der Waals surface area contributed by atoms with Crippen LogP contribution in [0.15, 0.2) is 0 Å². The van der Waals surface area contributed by atoms with E-state index in [1.807, 2.05) is 0 Å². The molecule has 18 heteroatoms. The van der Waals surface area contributed by atoms with Gasteiger partial charge in [-0.3, -0.25) is 24.0 Å². The molecule has 0 aromatic heterocycles. The second-order valence-corrected chi connectivity index (χ2v) is 14.9. The molecule has 0 radical (unpaired) electrons. The number of carbonyl (C=O) groups excluding carboxylic acids is 6. The number of aliphatic carboxylic acids is 1. The van der Waals surface area contributed by atoms with Gasteiger partial charge in [-0.2, -0.15) is 0 Å². The second-order valence-electron chi connectivity index (χ2n) is 14.4. The van der Waals surface area contributed by atoms with E-state index in [1.54, 1.807) is 6.92 Å². The van der Waals surface area contributed by atoms with E-state index >= 15 is 0 Å². The van der Waals surface area contributed by atoms with Crippen LogP contribution >= 0.6 is 15.9 Å². The summed E-state index contributed by atoms with van der Waals surface area (Å²) in [7, 11) is 0. The van der Waals surface area contributed by atoms with E-state index in [4.69, 9.17) is 18.9 Å². The highest BCUT2D eigenvalue weighted by Gasteiger charge is 2.20. The average molecular weight is 909 g/mol. The lowest BCUT2D eigenvalue weighted by Crippen LogP contribution is -2.41. The number of carboxylic acids is 1. The van der Waals surface area contributed by atoms with Crippen LogP contribution in [0.5, 0.6) is 0 Å². The average Bonchev–Trinajstić information content (AvgIpc) is 3.20. The molecule has 0 bridgehead atoms. The van der Waals surface area contributed by atoms with Crippen LogP contribution in [-0.4, -0.2) is 137 Å². The van der Waals surface area contributed by atoms with Crippen molar-refractivity contribution in [3.8, 4) is 0 Å². The predicted molar refractivity (Wildman–Crippen MR) is 227 cm³/mol. The van der Waals surface area contributed by atoms with Gasteiger partial charge in [-0.05, 0) is 26.2 Å². The number of alkyl halides is 1. The highest BCUT2D eigenvalue weighted by molar-refractivity contribution is 9.09. The summed E-state index contributed by atoms with van der Waals surface area (Å²) >= 11 is 3.03. The van der Waals surface area contributed by atoms with Gasteiger partial charge in [0.05, 0.1) is 45.0 Å². The number of carbonyl (C=O) groups is 7. The van der Waals surface area contributed by atoms with E-state index in [0.29, 0.717) is 19.5 Å². The lowest BCUT2D eigenvalue weighted by atomic mass is 10.0. The second kappa shape index (κ2) is 41.5. The first-order valence-corrected chi connectivity index (χ1v) is 22.6. The van der Waals surface area contributed by atoms with Crippen molar-refractivity contribution in [1.29, 1.82) is 0 Å². The first-order chi connectivity index (χ1) is 28.5. The molecule has 0 aliphatic heterocycles. The molecule has 6 N–H and O–H groups in total. The molecule has 1 atom stereocenters. The summed E-state index contributed by atoms with van der Waals surface area (Å²) in [5.74, 6) is -2.34. The van der Waals surface area contributed by atoms with E-state index in [2.05, 4.69) is 42.5 Å². The van der Waals surface area contributed by atoms with Crippen LogP contribution < -0.4 is 26.6 Å². The minimum atomic E-state index is -1.18. The Bertz CT molecular complexity index is 1150. The van der Waals surface area contributed by atoms with Crippen molar-refractivity contribution in [2.24, 2.45) is 0 Å². The maximum atomic E-state index is 12.3. The van der Waals surface area contributed by atoms with Gasteiger partial charge in [0.25, 0.3) is 0 Å². The highest BCUT2D eigenvalue weighted by Crippen LogP contribution is 2.14. The highest BCUT2D eigenvalue weighted by atomic mass is 79.9. The maximum Gasteiger partial charge on any atom is 0.326 e. The van der Waals surface area contributed by atoms with Crippen LogP contribution in [0.4, 0.5) is 0 Å². The summed E-state index contributed by atoms with van der Waals surface area (Å²) < 4.78 is 21.2. The number of Topliss-reactive ketones (excluding diaryl/α,β-unsaturated/α-hetero) is 1. The van der Waals surface area contributed by atoms with Gasteiger partial charge >= 0.3 is 5.97 Å². The summed E-state index contributed by atoms with van der Waals surface area (Å²) in [6.45, 7) is 3.77. The molecule has 0 heterocycles. The van der Waals surface area contributed by atoms with Crippen molar-refractivity contribution in [1.82, 2.24) is 26.6 Å². The van der Waals surface area contributed by atoms with E-state index in [9.17, 15) is 38.7 Å². The SMILES string of the molecule is CC(=O)CCCCCCCCCCCCCCCCCC(=O)N[C@@H](CCC(=O)NCCOCCOCC(=O)NCCOCCOCC(=O)NCCNC(=O)CBr)C(=O)O. The van der Waals surface area contributed by atoms with Crippen LogP contribution in [0.3, 0.4) is 0 Å².